The van der Waals surface area contributed by atoms with Crippen LogP contribution in [0.2, 0.25) is 0 Å². The van der Waals surface area contributed by atoms with E-state index >= 15 is 0 Å². The lowest BCUT2D eigenvalue weighted by Crippen LogP contribution is -1.96. The zero-order chi connectivity index (χ0) is 8.97. The highest BCUT2D eigenvalue weighted by Crippen LogP contribution is 2.25. The molecular weight excluding hydrogens is 170 g/mol. The Kier molecular flexibility index (Phi) is 3.69. The summed E-state index contributed by atoms with van der Waals surface area (Å²) in [6.07, 6.45) is 2.78. The van der Waals surface area contributed by atoms with Crippen molar-refractivity contribution in [3.8, 4) is 0 Å². The van der Waals surface area contributed by atoms with E-state index in [4.69, 9.17) is 0 Å². The van der Waals surface area contributed by atoms with Crippen LogP contribution in [-0.2, 0) is 0 Å². The van der Waals surface area contributed by atoms with Gasteiger partial charge in [-0.05, 0) is 13.3 Å². The third-order valence-corrected chi connectivity index (χ3v) is 2.95. The number of hydrogen-bond acceptors (Lipinski definition) is 3. The molecule has 0 amide bonds. The van der Waals surface area contributed by atoms with Gasteiger partial charge in [-0.1, -0.05) is 19.8 Å². The van der Waals surface area contributed by atoms with Crippen LogP contribution in [0.3, 0.4) is 0 Å². The zero-order valence-corrected chi connectivity index (χ0v) is 8.40. The highest BCUT2D eigenvalue weighted by atomic mass is 32.1. The van der Waals surface area contributed by atoms with Gasteiger partial charge in [0.05, 0.1) is 22.2 Å². The average Bonchev–Trinajstić information content (AvgIpc) is 2.47. The fourth-order valence-corrected chi connectivity index (χ4v) is 1.98. The summed E-state index contributed by atoms with van der Waals surface area (Å²) in [4.78, 5) is 5.14. The summed E-state index contributed by atoms with van der Waals surface area (Å²) in [5.74, 6) is 0. The predicted molar refractivity (Wildman–Crippen MR) is 51.3 cm³/mol. The highest BCUT2D eigenvalue weighted by Gasteiger charge is 2.11. The SMILES string of the molecule is CCCCC(O)c1scnc1C. The lowest BCUT2D eigenvalue weighted by molar-refractivity contribution is 0.167. The Morgan fingerprint density at radius 1 is 1.67 bits per heavy atom. The van der Waals surface area contributed by atoms with Gasteiger partial charge in [0.1, 0.15) is 0 Å². The minimum absolute atomic E-state index is 0.294. The molecule has 0 aliphatic carbocycles. The van der Waals surface area contributed by atoms with Gasteiger partial charge in [-0.25, -0.2) is 4.98 Å². The van der Waals surface area contributed by atoms with Gasteiger partial charge in [-0.2, -0.15) is 0 Å². The number of thiazole rings is 1. The lowest BCUT2D eigenvalue weighted by Gasteiger charge is -2.07. The second-order valence-electron chi connectivity index (χ2n) is 2.96. The molecule has 0 fully saturated rings. The molecule has 1 aromatic heterocycles. The Hall–Kier alpha value is -0.410. The first-order valence-electron chi connectivity index (χ1n) is 4.33. The molecule has 1 unspecified atom stereocenters. The van der Waals surface area contributed by atoms with Crippen molar-refractivity contribution in [1.29, 1.82) is 0 Å². The minimum Gasteiger partial charge on any atom is -0.388 e. The van der Waals surface area contributed by atoms with Gasteiger partial charge in [0.15, 0.2) is 0 Å². The van der Waals surface area contributed by atoms with Crippen LogP contribution >= 0.6 is 11.3 Å². The first-order chi connectivity index (χ1) is 5.75. The first kappa shape index (κ1) is 9.68. The molecule has 1 N–H and O–H groups in total. The van der Waals surface area contributed by atoms with E-state index in [0.717, 1.165) is 29.8 Å². The Morgan fingerprint density at radius 2 is 2.42 bits per heavy atom. The topological polar surface area (TPSA) is 33.1 Å². The summed E-state index contributed by atoms with van der Waals surface area (Å²) < 4.78 is 0. The van der Waals surface area contributed by atoms with E-state index < -0.39 is 0 Å². The summed E-state index contributed by atoms with van der Waals surface area (Å²) >= 11 is 1.55. The molecule has 0 saturated carbocycles. The van der Waals surface area contributed by atoms with Crippen LogP contribution in [0.4, 0.5) is 0 Å². The number of rotatable bonds is 4. The Balaban J connectivity index is 2.52. The molecule has 0 saturated heterocycles. The molecule has 0 bridgehead atoms. The number of aryl methyl sites for hydroxylation is 1. The van der Waals surface area contributed by atoms with Crippen LogP contribution in [0.5, 0.6) is 0 Å². The molecule has 2 nitrogen and oxygen atoms in total. The van der Waals surface area contributed by atoms with E-state index in [0.29, 0.717) is 0 Å². The maximum Gasteiger partial charge on any atom is 0.0900 e. The number of aliphatic hydroxyl groups excluding tert-OH is 1. The van der Waals surface area contributed by atoms with Crippen LogP contribution in [0.1, 0.15) is 42.9 Å². The van der Waals surface area contributed by atoms with E-state index in [9.17, 15) is 5.11 Å². The second kappa shape index (κ2) is 4.58. The molecule has 12 heavy (non-hydrogen) atoms. The molecule has 1 atom stereocenters. The summed E-state index contributed by atoms with van der Waals surface area (Å²) in [7, 11) is 0. The van der Waals surface area contributed by atoms with Crippen LogP contribution in [0, 0.1) is 6.92 Å². The summed E-state index contributed by atoms with van der Waals surface area (Å²) in [5.41, 5.74) is 2.77. The molecule has 1 rings (SSSR count). The van der Waals surface area contributed by atoms with Gasteiger partial charge in [0.25, 0.3) is 0 Å². The van der Waals surface area contributed by atoms with Gasteiger partial charge in [0, 0.05) is 0 Å². The fourth-order valence-electron chi connectivity index (χ4n) is 1.16. The monoisotopic (exact) mass is 185 g/mol. The van der Waals surface area contributed by atoms with Crippen molar-refractivity contribution in [2.75, 3.05) is 0 Å². The summed E-state index contributed by atoms with van der Waals surface area (Å²) in [6, 6.07) is 0. The van der Waals surface area contributed by atoms with E-state index in [1.165, 1.54) is 0 Å². The lowest BCUT2D eigenvalue weighted by atomic mass is 10.1. The quantitative estimate of drug-likeness (QED) is 0.782. The Morgan fingerprint density at radius 3 is 2.92 bits per heavy atom. The maximum atomic E-state index is 9.69. The molecule has 0 aromatic carbocycles. The first-order valence-corrected chi connectivity index (χ1v) is 5.21. The van der Waals surface area contributed by atoms with Gasteiger partial charge in [-0.3, -0.25) is 0 Å². The van der Waals surface area contributed by atoms with E-state index in [2.05, 4.69) is 11.9 Å². The number of nitrogens with zero attached hydrogens (tertiary/aromatic N) is 1. The molecule has 0 radical (unpaired) electrons. The predicted octanol–water partition coefficient (Wildman–Crippen LogP) is 2.68. The van der Waals surface area contributed by atoms with Crippen molar-refractivity contribution in [2.24, 2.45) is 0 Å². The molecule has 1 aromatic rings. The largest absolute Gasteiger partial charge is 0.388 e. The van der Waals surface area contributed by atoms with Gasteiger partial charge in [-0.15, -0.1) is 11.3 Å². The summed E-state index contributed by atoms with van der Waals surface area (Å²) in [5, 5.41) is 9.69. The third-order valence-electron chi connectivity index (χ3n) is 1.92. The van der Waals surface area contributed by atoms with Crippen LogP contribution in [0.15, 0.2) is 5.51 Å². The van der Waals surface area contributed by atoms with Crippen LogP contribution < -0.4 is 0 Å². The summed E-state index contributed by atoms with van der Waals surface area (Å²) in [6.45, 7) is 4.08. The van der Waals surface area contributed by atoms with Crippen molar-refractivity contribution < 1.29 is 5.11 Å². The molecule has 3 heteroatoms. The molecule has 0 spiro atoms. The van der Waals surface area contributed by atoms with Gasteiger partial charge in [0.2, 0.25) is 0 Å². The van der Waals surface area contributed by atoms with E-state index in [1.807, 2.05) is 6.92 Å². The smallest absolute Gasteiger partial charge is 0.0900 e. The second-order valence-corrected chi connectivity index (χ2v) is 3.85. The van der Waals surface area contributed by atoms with Crippen molar-refractivity contribution in [3.63, 3.8) is 0 Å². The standard InChI is InChI=1S/C9H15NOS/c1-3-4-5-8(11)9-7(2)10-6-12-9/h6,8,11H,3-5H2,1-2H3. The molecule has 0 aliphatic rings. The number of aromatic nitrogens is 1. The van der Waals surface area contributed by atoms with Crippen molar-refractivity contribution in [2.45, 2.75) is 39.2 Å². The highest BCUT2D eigenvalue weighted by molar-refractivity contribution is 7.09. The number of unbranched alkanes of at least 4 members (excludes halogenated alkanes) is 1. The van der Waals surface area contributed by atoms with E-state index in [-0.39, 0.29) is 6.10 Å². The normalized spacial score (nSPS) is 13.2. The molecule has 0 aliphatic heterocycles. The van der Waals surface area contributed by atoms with Gasteiger partial charge >= 0.3 is 0 Å². The van der Waals surface area contributed by atoms with Gasteiger partial charge < -0.3 is 5.11 Å². The van der Waals surface area contributed by atoms with Crippen LogP contribution in [-0.4, -0.2) is 10.1 Å². The molecule has 68 valence electrons. The zero-order valence-electron chi connectivity index (χ0n) is 7.58. The van der Waals surface area contributed by atoms with Crippen molar-refractivity contribution in [1.82, 2.24) is 4.98 Å². The average molecular weight is 185 g/mol. The Labute approximate surface area is 77.3 Å². The third kappa shape index (κ3) is 2.29. The molecular formula is C9H15NOS. The molecule has 1 heterocycles. The fraction of sp³-hybridized carbons (Fsp3) is 0.667. The minimum atomic E-state index is -0.294. The van der Waals surface area contributed by atoms with Crippen molar-refractivity contribution in [3.05, 3.63) is 16.1 Å². The number of aliphatic hydroxyl groups is 1. The Bertz CT molecular complexity index is 234. The van der Waals surface area contributed by atoms with Crippen molar-refractivity contribution >= 4 is 11.3 Å². The van der Waals surface area contributed by atoms with E-state index in [1.54, 1.807) is 16.8 Å². The maximum absolute atomic E-state index is 9.69. The van der Waals surface area contributed by atoms with Crippen LogP contribution in [0.25, 0.3) is 0 Å². The number of hydrogen-bond donors (Lipinski definition) is 1.